The molecule has 2 nitrogen and oxygen atoms in total. The molecule has 0 bridgehead atoms. The van der Waals surface area contributed by atoms with E-state index in [1.807, 2.05) is 0 Å². The highest BCUT2D eigenvalue weighted by molar-refractivity contribution is 14.1. The van der Waals surface area contributed by atoms with Crippen molar-refractivity contribution in [3.8, 4) is 0 Å². The second kappa shape index (κ2) is 7.91. The molecular formula is C23H23IN2. The molecule has 0 unspecified atom stereocenters. The molecule has 4 rings (SSSR count). The van der Waals surface area contributed by atoms with Crippen LogP contribution in [0.25, 0.3) is 0 Å². The minimum Gasteiger partial charge on any atom is -0.284 e. The van der Waals surface area contributed by atoms with Crippen molar-refractivity contribution in [1.29, 1.82) is 0 Å². The van der Waals surface area contributed by atoms with Gasteiger partial charge in [0.25, 0.3) is 0 Å². The molecule has 3 heteroatoms. The quantitative estimate of drug-likeness (QED) is 0.313. The van der Waals surface area contributed by atoms with E-state index in [0.29, 0.717) is 0 Å². The van der Waals surface area contributed by atoms with E-state index < -0.39 is 0 Å². The fraction of sp³-hybridized carbons (Fsp3) is 0.217. The molecule has 1 fully saturated rings. The molecule has 0 saturated carbocycles. The first-order valence-electron chi connectivity index (χ1n) is 9.14. The van der Waals surface area contributed by atoms with Gasteiger partial charge in [-0.05, 0) is 16.7 Å². The van der Waals surface area contributed by atoms with Crippen molar-refractivity contribution in [2.24, 2.45) is 0 Å². The summed E-state index contributed by atoms with van der Waals surface area (Å²) >= 11 is 2.45. The van der Waals surface area contributed by atoms with Gasteiger partial charge in [-0.25, -0.2) is 3.11 Å². The standard InChI is InChI=1S/C23H23IN2/c24-26-18-16-25(17-19-26)23(20-10-4-1-5-11-20,21-12-6-2-7-13-21)22-14-8-3-9-15-22/h1-15H,16-19H2. The van der Waals surface area contributed by atoms with Crippen molar-refractivity contribution in [3.05, 3.63) is 108 Å². The molecule has 1 aliphatic rings. The second-order valence-electron chi connectivity index (χ2n) is 6.71. The third-order valence-electron chi connectivity index (χ3n) is 5.27. The van der Waals surface area contributed by atoms with E-state index in [0.717, 1.165) is 26.2 Å². The van der Waals surface area contributed by atoms with E-state index in [4.69, 9.17) is 0 Å². The zero-order chi connectivity index (χ0) is 17.8. The molecular weight excluding hydrogens is 431 g/mol. The Bertz CT molecular complexity index is 716. The maximum Gasteiger partial charge on any atom is 0.0973 e. The van der Waals surface area contributed by atoms with Crippen LogP contribution in [0.4, 0.5) is 0 Å². The lowest BCUT2D eigenvalue weighted by atomic mass is 9.75. The van der Waals surface area contributed by atoms with Gasteiger partial charge in [-0.1, -0.05) is 91.0 Å². The summed E-state index contributed by atoms with van der Waals surface area (Å²) in [6, 6.07) is 32.9. The van der Waals surface area contributed by atoms with Crippen LogP contribution in [-0.2, 0) is 5.54 Å². The first-order chi connectivity index (χ1) is 12.8. The smallest absolute Gasteiger partial charge is 0.0973 e. The van der Waals surface area contributed by atoms with Crippen molar-refractivity contribution in [3.63, 3.8) is 0 Å². The molecule has 1 aliphatic heterocycles. The van der Waals surface area contributed by atoms with E-state index in [1.165, 1.54) is 16.7 Å². The van der Waals surface area contributed by atoms with Crippen LogP contribution < -0.4 is 0 Å². The lowest BCUT2D eigenvalue weighted by Crippen LogP contribution is -2.55. The summed E-state index contributed by atoms with van der Waals surface area (Å²) in [6.07, 6.45) is 0. The van der Waals surface area contributed by atoms with Gasteiger partial charge in [0.15, 0.2) is 0 Å². The fourth-order valence-corrected chi connectivity index (χ4v) is 4.53. The Morgan fingerprint density at radius 1 is 0.538 bits per heavy atom. The number of hydrogen-bond donors (Lipinski definition) is 0. The minimum absolute atomic E-state index is 0.262. The molecule has 0 aliphatic carbocycles. The number of halogens is 1. The van der Waals surface area contributed by atoms with Gasteiger partial charge in [0, 0.05) is 49.0 Å². The molecule has 3 aromatic rings. The summed E-state index contributed by atoms with van der Waals surface area (Å²) in [7, 11) is 0. The first kappa shape index (κ1) is 17.7. The van der Waals surface area contributed by atoms with Crippen molar-refractivity contribution < 1.29 is 0 Å². The monoisotopic (exact) mass is 454 g/mol. The second-order valence-corrected chi connectivity index (χ2v) is 8.07. The van der Waals surface area contributed by atoms with Gasteiger partial charge in [0.2, 0.25) is 0 Å². The Morgan fingerprint density at radius 2 is 0.885 bits per heavy atom. The van der Waals surface area contributed by atoms with Gasteiger partial charge in [-0.3, -0.25) is 4.90 Å². The molecule has 0 aromatic heterocycles. The predicted molar refractivity (Wildman–Crippen MR) is 116 cm³/mol. The normalized spacial score (nSPS) is 16.5. The average molecular weight is 454 g/mol. The molecule has 132 valence electrons. The summed E-state index contributed by atoms with van der Waals surface area (Å²) < 4.78 is 2.39. The Balaban J connectivity index is 1.97. The van der Waals surface area contributed by atoms with Gasteiger partial charge in [-0.2, -0.15) is 0 Å². The van der Waals surface area contributed by atoms with Crippen LogP contribution in [0, 0.1) is 0 Å². The van der Waals surface area contributed by atoms with E-state index in [2.05, 4.69) is 122 Å². The molecule has 0 amide bonds. The van der Waals surface area contributed by atoms with E-state index in [-0.39, 0.29) is 5.54 Å². The lowest BCUT2D eigenvalue weighted by Gasteiger charge is -2.48. The number of nitrogens with zero attached hydrogens (tertiary/aromatic N) is 2. The maximum atomic E-state index is 2.65. The highest BCUT2D eigenvalue weighted by Gasteiger charge is 2.42. The predicted octanol–water partition coefficient (Wildman–Crippen LogP) is 4.95. The molecule has 1 saturated heterocycles. The van der Waals surface area contributed by atoms with E-state index in [9.17, 15) is 0 Å². The highest BCUT2D eigenvalue weighted by atomic mass is 127. The topological polar surface area (TPSA) is 6.48 Å². The van der Waals surface area contributed by atoms with Crippen molar-refractivity contribution in [2.45, 2.75) is 5.54 Å². The number of rotatable bonds is 4. The zero-order valence-electron chi connectivity index (χ0n) is 14.8. The van der Waals surface area contributed by atoms with Gasteiger partial charge < -0.3 is 0 Å². The van der Waals surface area contributed by atoms with Crippen LogP contribution in [0.1, 0.15) is 16.7 Å². The Labute approximate surface area is 170 Å². The molecule has 1 heterocycles. The van der Waals surface area contributed by atoms with Gasteiger partial charge >= 0.3 is 0 Å². The van der Waals surface area contributed by atoms with Gasteiger partial charge in [-0.15, -0.1) is 0 Å². The molecule has 0 spiro atoms. The summed E-state index contributed by atoms with van der Waals surface area (Å²) in [6.45, 7) is 4.24. The average Bonchev–Trinajstić information content (AvgIpc) is 2.72. The molecule has 0 radical (unpaired) electrons. The van der Waals surface area contributed by atoms with Crippen LogP contribution in [0.15, 0.2) is 91.0 Å². The van der Waals surface area contributed by atoms with E-state index >= 15 is 0 Å². The third kappa shape index (κ3) is 3.20. The number of benzene rings is 3. The Hall–Kier alpha value is -1.69. The number of hydrogen-bond acceptors (Lipinski definition) is 2. The van der Waals surface area contributed by atoms with Crippen LogP contribution in [0.3, 0.4) is 0 Å². The SMILES string of the molecule is IN1CCN(C(c2ccccc2)(c2ccccc2)c2ccccc2)CC1. The first-order valence-corrected chi connectivity index (χ1v) is 10.1. The van der Waals surface area contributed by atoms with Gasteiger partial charge in [0.1, 0.15) is 0 Å². The number of piperazine rings is 1. The van der Waals surface area contributed by atoms with E-state index in [1.54, 1.807) is 0 Å². The molecule has 0 atom stereocenters. The molecule has 0 N–H and O–H groups in total. The van der Waals surface area contributed by atoms with Crippen LogP contribution >= 0.6 is 22.9 Å². The molecule has 3 aromatic carbocycles. The third-order valence-corrected chi connectivity index (χ3v) is 6.24. The Kier molecular flexibility index (Phi) is 5.38. The van der Waals surface area contributed by atoms with Crippen molar-refractivity contribution >= 4 is 22.9 Å². The summed E-state index contributed by atoms with van der Waals surface area (Å²) in [5.74, 6) is 0. The molecule has 26 heavy (non-hydrogen) atoms. The lowest BCUT2D eigenvalue weighted by molar-refractivity contribution is 0.116. The van der Waals surface area contributed by atoms with Crippen molar-refractivity contribution in [1.82, 2.24) is 8.01 Å². The summed E-state index contributed by atoms with van der Waals surface area (Å²) in [5.41, 5.74) is 3.74. The summed E-state index contributed by atoms with van der Waals surface area (Å²) in [4.78, 5) is 2.65. The Morgan fingerprint density at radius 3 is 1.23 bits per heavy atom. The van der Waals surface area contributed by atoms with Crippen LogP contribution in [0.2, 0.25) is 0 Å². The zero-order valence-corrected chi connectivity index (χ0v) is 16.9. The van der Waals surface area contributed by atoms with Gasteiger partial charge in [0.05, 0.1) is 5.54 Å². The van der Waals surface area contributed by atoms with Crippen molar-refractivity contribution in [2.75, 3.05) is 26.2 Å². The minimum atomic E-state index is -0.262. The fourth-order valence-electron chi connectivity index (χ4n) is 4.10. The largest absolute Gasteiger partial charge is 0.284 e. The highest BCUT2D eigenvalue weighted by Crippen LogP contribution is 2.42. The summed E-state index contributed by atoms with van der Waals surface area (Å²) in [5, 5.41) is 0. The van der Waals surface area contributed by atoms with Crippen LogP contribution in [0.5, 0.6) is 0 Å². The van der Waals surface area contributed by atoms with Crippen LogP contribution in [-0.4, -0.2) is 34.2 Å². The maximum absolute atomic E-state index is 2.65.